The molecule has 0 bridgehead atoms. The fraction of sp³-hybridized carbons (Fsp3) is 0.833. The molecule has 0 aromatic rings. The highest BCUT2D eigenvalue weighted by molar-refractivity contribution is 5.64. The van der Waals surface area contributed by atoms with Crippen molar-refractivity contribution in [1.29, 1.82) is 0 Å². The fourth-order valence-corrected chi connectivity index (χ4v) is 0.534. The predicted molar refractivity (Wildman–Crippen MR) is 39.5 cm³/mol. The largest absolute Gasteiger partial charge is 0.465 e. The molecule has 0 aliphatic carbocycles. The van der Waals surface area contributed by atoms with E-state index in [1.165, 1.54) is 7.05 Å². The lowest BCUT2D eigenvalue weighted by atomic mass is 10.5. The molecule has 5 heteroatoms. The van der Waals surface area contributed by atoms with Crippen molar-refractivity contribution < 1.29 is 14.3 Å². The summed E-state index contributed by atoms with van der Waals surface area (Å²) in [4.78, 5) is 11.3. The third-order valence-electron chi connectivity index (χ3n) is 1.22. The molecular weight excluding hydrogens is 151 g/mol. The summed E-state index contributed by atoms with van der Waals surface area (Å²) < 4.78 is 11.5. The Hall–Kier alpha value is -0.840. The van der Waals surface area contributed by atoms with E-state index < -0.39 is 12.8 Å². The van der Waals surface area contributed by atoms with Crippen molar-refractivity contribution >= 4 is 6.09 Å². The first-order valence-electron chi connectivity index (χ1n) is 3.39. The van der Waals surface area contributed by atoms with Gasteiger partial charge >= 0.3 is 6.09 Å². The predicted octanol–water partition coefficient (Wildman–Crippen LogP) is 0.155. The summed E-state index contributed by atoms with van der Waals surface area (Å²) >= 11 is 0. The number of carbonyl (C=O) groups is 1. The standard InChI is InChI=1S/C6H13FN2O2/c1-9(6(10)11)5-4-8-3-2-7/h8H,2-5H2,1H3,(H,10,11). The molecule has 0 heterocycles. The summed E-state index contributed by atoms with van der Waals surface area (Å²) in [5.74, 6) is 0. The summed E-state index contributed by atoms with van der Waals surface area (Å²) in [6.07, 6.45) is -0.966. The first kappa shape index (κ1) is 10.2. The molecule has 0 aliphatic heterocycles. The second-order valence-electron chi connectivity index (χ2n) is 2.14. The van der Waals surface area contributed by atoms with Crippen LogP contribution in [-0.2, 0) is 0 Å². The van der Waals surface area contributed by atoms with E-state index in [2.05, 4.69) is 5.32 Å². The Labute approximate surface area is 65.0 Å². The van der Waals surface area contributed by atoms with Crippen molar-refractivity contribution in [1.82, 2.24) is 10.2 Å². The average Bonchev–Trinajstić information content (AvgIpc) is 1.97. The molecular formula is C6H13FN2O2. The number of hydrogen-bond donors (Lipinski definition) is 2. The van der Waals surface area contributed by atoms with Crippen molar-refractivity contribution in [2.75, 3.05) is 33.4 Å². The third kappa shape index (κ3) is 5.60. The van der Waals surface area contributed by atoms with Gasteiger partial charge in [-0.15, -0.1) is 0 Å². The van der Waals surface area contributed by atoms with Gasteiger partial charge in [0, 0.05) is 26.7 Å². The first-order valence-corrected chi connectivity index (χ1v) is 3.39. The first-order chi connectivity index (χ1) is 5.18. The van der Waals surface area contributed by atoms with E-state index in [0.717, 1.165) is 4.90 Å². The molecule has 0 radical (unpaired) electrons. The SMILES string of the molecule is CN(CCNCCF)C(=O)O. The zero-order valence-corrected chi connectivity index (χ0v) is 6.51. The van der Waals surface area contributed by atoms with Gasteiger partial charge in [0.05, 0.1) is 0 Å². The van der Waals surface area contributed by atoms with Gasteiger partial charge in [0.1, 0.15) is 6.67 Å². The molecule has 1 amide bonds. The third-order valence-corrected chi connectivity index (χ3v) is 1.22. The quantitative estimate of drug-likeness (QED) is 0.569. The van der Waals surface area contributed by atoms with Crippen LogP contribution in [0.3, 0.4) is 0 Å². The lowest BCUT2D eigenvalue weighted by Crippen LogP contribution is -2.33. The molecule has 0 spiro atoms. The molecule has 0 saturated heterocycles. The molecule has 0 unspecified atom stereocenters. The number of amides is 1. The highest BCUT2D eigenvalue weighted by atomic mass is 19.1. The number of hydrogen-bond acceptors (Lipinski definition) is 2. The van der Waals surface area contributed by atoms with Crippen molar-refractivity contribution in [2.24, 2.45) is 0 Å². The van der Waals surface area contributed by atoms with Crippen LogP contribution in [0, 0.1) is 0 Å². The Morgan fingerprint density at radius 2 is 2.27 bits per heavy atom. The lowest BCUT2D eigenvalue weighted by Gasteiger charge is -2.12. The molecule has 0 aromatic carbocycles. The summed E-state index contributed by atoms with van der Waals surface area (Å²) in [7, 11) is 1.47. The molecule has 2 N–H and O–H groups in total. The Bertz CT molecular complexity index is 121. The van der Waals surface area contributed by atoms with Crippen LogP contribution in [0.4, 0.5) is 9.18 Å². The van der Waals surface area contributed by atoms with Crippen LogP contribution >= 0.6 is 0 Å². The van der Waals surface area contributed by atoms with Gasteiger partial charge in [-0.2, -0.15) is 0 Å². The van der Waals surface area contributed by atoms with E-state index in [9.17, 15) is 9.18 Å². The number of carboxylic acid groups (broad SMARTS) is 1. The second kappa shape index (κ2) is 5.91. The maximum absolute atomic E-state index is 11.5. The maximum atomic E-state index is 11.5. The van der Waals surface area contributed by atoms with Crippen LogP contribution in [0.15, 0.2) is 0 Å². The van der Waals surface area contributed by atoms with E-state index in [1.807, 2.05) is 0 Å². The maximum Gasteiger partial charge on any atom is 0.407 e. The topological polar surface area (TPSA) is 52.6 Å². The van der Waals surface area contributed by atoms with Gasteiger partial charge in [0.2, 0.25) is 0 Å². The number of likely N-dealkylation sites (N-methyl/N-ethyl adjacent to an activating group) is 1. The zero-order chi connectivity index (χ0) is 8.69. The number of nitrogens with zero attached hydrogens (tertiary/aromatic N) is 1. The van der Waals surface area contributed by atoms with E-state index in [-0.39, 0.29) is 6.54 Å². The molecule has 0 aliphatic rings. The van der Waals surface area contributed by atoms with Gasteiger partial charge in [-0.1, -0.05) is 0 Å². The highest BCUT2D eigenvalue weighted by Crippen LogP contribution is 1.80. The van der Waals surface area contributed by atoms with E-state index in [1.54, 1.807) is 0 Å². The Morgan fingerprint density at radius 1 is 1.64 bits per heavy atom. The van der Waals surface area contributed by atoms with Crippen molar-refractivity contribution in [3.8, 4) is 0 Å². The molecule has 0 fully saturated rings. The smallest absolute Gasteiger partial charge is 0.407 e. The summed E-state index contributed by atoms with van der Waals surface area (Å²) in [5, 5.41) is 11.1. The average molecular weight is 164 g/mol. The van der Waals surface area contributed by atoms with Crippen LogP contribution < -0.4 is 5.32 Å². The number of nitrogens with one attached hydrogen (secondary N) is 1. The monoisotopic (exact) mass is 164 g/mol. The molecule has 0 saturated carbocycles. The van der Waals surface area contributed by atoms with E-state index in [4.69, 9.17) is 5.11 Å². The van der Waals surface area contributed by atoms with Gasteiger partial charge in [0.15, 0.2) is 0 Å². The van der Waals surface area contributed by atoms with Crippen LogP contribution in [0.5, 0.6) is 0 Å². The van der Waals surface area contributed by atoms with Gasteiger partial charge in [0.25, 0.3) is 0 Å². The molecule has 0 aromatic heterocycles. The van der Waals surface area contributed by atoms with Gasteiger partial charge in [-0.05, 0) is 0 Å². The number of halogens is 1. The van der Waals surface area contributed by atoms with Crippen molar-refractivity contribution in [2.45, 2.75) is 0 Å². The van der Waals surface area contributed by atoms with Gasteiger partial charge < -0.3 is 15.3 Å². The summed E-state index contributed by atoms with van der Waals surface area (Å²) in [6.45, 7) is 0.742. The fourth-order valence-electron chi connectivity index (χ4n) is 0.534. The number of rotatable bonds is 5. The van der Waals surface area contributed by atoms with E-state index in [0.29, 0.717) is 13.1 Å². The highest BCUT2D eigenvalue weighted by Gasteiger charge is 2.02. The minimum atomic E-state index is -0.966. The second-order valence-corrected chi connectivity index (χ2v) is 2.14. The summed E-state index contributed by atoms with van der Waals surface area (Å²) in [6, 6.07) is 0. The van der Waals surface area contributed by atoms with Gasteiger partial charge in [-0.3, -0.25) is 0 Å². The van der Waals surface area contributed by atoms with Crippen molar-refractivity contribution in [3.63, 3.8) is 0 Å². The molecule has 0 atom stereocenters. The van der Waals surface area contributed by atoms with Crippen LogP contribution in [-0.4, -0.2) is 49.5 Å². The van der Waals surface area contributed by atoms with E-state index >= 15 is 0 Å². The minimum absolute atomic E-state index is 0.285. The Morgan fingerprint density at radius 3 is 2.73 bits per heavy atom. The number of alkyl halides is 1. The molecule has 4 nitrogen and oxygen atoms in total. The molecule has 0 rings (SSSR count). The minimum Gasteiger partial charge on any atom is -0.465 e. The van der Waals surface area contributed by atoms with Crippen molar-refractivity contribution in [3.05, 3.63) is 0 Å². The van der Waals surface area contributed by atoms with Crippen LogP contribution in [0.25, 0.3) is 0 Å². The molecule has 66 valence electrons. The van der Waals surface area contributed by atoms with Crippen LogP contribution in [0.1, 0.15) is 0 Å². The lowest BCUT2D eigenvalue weighted by molar-refractivity contribution is 0.156. The van der Waals surface area contributed by atoms with Crippen LogP contribution in [0.2, 0.25) is 0 Å². The Balaban J connectivity index is 3.17. The zero-order valence-electron chi connectivity index (χ0n) is 6.51. The molecule has 11 heavy (non-hydrogen) atoms. The summed E-state index contributed by atoms with van der Waals surface area (Å²) in [5.41, 5.74) is 0. The normalized spacial score (nSPS) is 9.64. The van der Waals surface area contributed by atoms with Gasteiger partial charge in [-0.25, -0.2) is 9.18 Å². The Kier molecular flexibility index (Phi) is 5.46.